The summed E-state index contributed by atoms with van der Waals surface area (Å²) in [5.41, 5.74) is 4.28. The minimum Gasteiger partial charge on any atom is -0.493 e. The Kier molecular flexibility index (Phi) is 8.57. The summed E-state index contributed by atoms with van der Waals surface area (Å²) in [4.78, 5) is 27.9. The van der Waals surface area contributed by atoms with Gasteiger partial charge >= 0.3 is 12.1 Å². The van der Waals surface area contributed by atoms with Gasteiger partial charge in [0.1, 0.15) is 11.4 Å². The number of aliphatic carboxylic acids is 1. The van der Waals surface area contributed by atoms with Crippen LogP contribution < -0.4 is 4.74 Å². The molecule has 206 valence electrons. The lowest BCUT2D eigenvalue weighted by molar-refractivity contribution is -0.202. The quantitative estimate of drug-likeness (QED) is 0.620. The summed E-state index contributed by atoms with van der Waals surface area (Å²) in [6, 6.07) is 8.26. The van der Waals surface area contributed by atoms with Crippen LogP contribution in [0.2, 0.25) is 0 Å². The number of fused-ring (bicyclic) bond motifs is 1. The molecular formula is C27H31F3N2O6. The molecule has 5 rings (SSSR count). The number of ether oxygens (including phenoxy) is 3. The Balaban J connectivity index is 0.000000426. The van der Waals surface area contributed by atoms with Gasteiger partial charge in [-0.1, -0.05) is 18.2 Å². The summed E-state index contributed by atoms with van der Waals surface area (Å²) in [6.45, 7) is 5.40. The number of carboxylic acid groups (broad SMARTS) is 1. The Morgan fingerprint density at radius 3 is 2.66 bits per heavy atom. The zero-order valence-corrected chi connectivity index (χ0v) is 21.1. The minimum atomic E-state index is -5.08. The number of likely N-dealkylation sites (tertiary alicyclic amines) is 1. The first-order valence-electron chi connectivity index (χ1n) is 12.5. The third kappa shape index (κ3) is 7.22. The van der Waals surface area contributed by atoms with E-state index in [1.54, 1.807) is 0 Å². The van der Waals surface area contributed by atoms with E-state index in [9.17, 15) is 18.0 Å². The highest BCUT2D eigenvalue weighted by molar-refractivity contribution is 5.80. The van der Waals surface area contributed by atoms with E-state index >= 15 is 0 Å². The summed E-state index contributed by atoms with van der Waals surface area (Å²) >= 11 is 0. The monoisotopic (exact) mass is 536 g/mol. The van der Waals surface area contributed by atoms with Crippen molar-refractivity contribution in [2.75, 3.05) is 26.3 Å². The highest BCUT2D eigenvalue weighted by Gasteiger charge is 2.49. The molecule has 1 unspecified atom stereocenters. The number of rotatable bonds is 5. The lowest BCUT2D eigenvalue weighted by Crippen LogP contribution is -2.67. The van der Waals surface area contributed by atoms with Crippen molar-refractivity contribution in [2.45, 2.75) is 63.5 Å². The first-order valence-corrected chi connectivity index (χ1v) is 12.5. The molecule has 2 fully saturated rings. The number of carbonyl (C=O) groups excluding carboxylic acids is 1. The Labute approximate surface area is 218 Å². The molecule has 0 radical (unpaired) electrons. The van der Waals surface area contributed by atoms with Gasteiger partial charge in [-0.15, -0.1) is 0 Å². The van der Waals surface area contributed by atoms with Crippen molar-refractivity contribution in [3.63, 3.8) is 0 Å². The maximum atomic E-state index is 12.8. The minimum absolute atomic E-state index is 0.159. The van der Waals surface area contributed by atoms with E-state index in [4.69, 9.17) is 24.1 Å². The van der Waals surface area contributed by atoms with Crippen LogP contribution in [0.3, 0.4) is 0 Å². The van der Waals surface area contributed by atoms with Crippen LogP contribution in [0, 0.1) is 6.92 Å². The van der Waals surface area contributed by atoms with E-state index in [2.05, 4.69) is 17.1 Å². The van der Waals surface area contributed by atoms with E-state index in [1.807, 2.05) is 36.4 Å². The number of hydrogen-bond donors (Lipinski definition) is 1. The van der Waals surface area contributed by atoms with Gasteiger partial charge in [-0.25, -0.2) is 4.79 Å². The van der Waals surface area contributed by atoms with Crippen molar-refractivity contribution in [3.8, 4) is 5.75 Å². The van der Waals surface area contributed by atoms with Crippen molar-refractivity contribution in [1.29, 1.82) is 0 Å². The van der Waals surface area contributed by atoms with Gasteiger partial charge in [-0.05, 0) is 54.5 Å². The smallest absolute Gasteiger partial charge is 0.490 e. The van der Waals surface area contributed by atoms with Gasteiger partial charge in [0, 0.05) is 25.4 Å². The Hall–Kier alpha value is -3.18. The molecule has 0 bridgehead atoms. The van der Waals surface area contributed by atoms with E-state index < -0.39 is 12.1 Å². The lowest BCUT2D eigenvalue weighted by Gasteiger charge is -2.53. The topological polar surface area (TPSA) is 98.2 Å². The number of nitrogens with zero attached hydrogens (tertiary/aromatic N) is 2. The van der Waals surface area contributed by atoms with Crippen molar-refractivity contribution in [2.24, 2.45) is 0 Å². The number of aryl methyl sites for hydroxylation is 2. The Bertz CT molecular complexity index is 1150. The van der Waals surface area contributed by atoms with Gasteiger partial charge < -0.3 is 24.2 Å². The summed E-state index contributed by atoms with van der Waals surface area (Å²) < 4.78 is 49.7. The van der Waals surface area contributed by atoms with Crippen LogP contribution in [0.1, 0.15) is 41.5 Å². The third-order valence-corrected chi connectivity index (χ3v) is 6.75. The van der Waals surface area contributed by atoms with Crippen LogP contribution in [0.15, 0.2) is 36.7 Å². The summed E-state index contributed by atoms with van der Waals surface area (Å²) in [6.07, 6.45) is 3.02. The van der Waals surface area contributed by atoms with E-state index in [1.165, 1.54) is 5.56 Å². The van der Waals surface area contributed by atoms with Gasteiger partial charge in [-0.3, -0.25) is 9.78 Å². The molecule has 11 heteroatoms. The molecular weight excluding hydrogens is 505 g/mol. The highest BCUT2D eigenvalue weighted by Crippen LogP contribution is 2.36. The molecule has 38 heavy (non-hydrogen) atoms. The normalized spacial score (nSPS) is 19.9. The zero-order valence-electron chi connectivity index (χ0n) is 21.1. The third-order valence-electron chi connectivity index (χ3n) is 6.75. The first kappa shape index (κ1) is 27.8. The fourth-order valence-electron chi connectivity index (χ4n) is 4.89. The van der Waals surface area contributed by atoms with Gasteiger partial charge in [0.2, 0.25) is 5.91 Å². The fraction of sp³-hybridized carbons (Fsp3) is 0.519. The average Bonchev–Trinajstić information content (AvgIpc) is 2.86. The molecule has 1 amide bonds. The number of pyridine rings is 1. The van der Waals surface area contributed by atoms with Crippen molar-refractivity contribution < 1.29 is 42.1 Å². The van der Waals surface area contributed by atoms with Crippen LogP contribution in [0.5, 0.6) is 5.75 Å². The molecule has 0 aliphatic carbocycles. The molecule has 2 saturated heterocycles. The molecule has 8 nitrogen and oxygen atoms in total. The first-order chi connectivity index (χ1) is 18.0. The van der Waals surface area contributed by atoms with Crippen LogP contribution >= 0.6 is 0 Å². The second-order valence-corrected chi connectivity index (χ2v) is 9.95. The molecule has 3 aliphatic heterocycles. The molecule has 1 N–H and O–H groups in total. The zero-order chi connectivity index (χ0) is 27.3. The molecule has 1 spiro atoms. The molecule has 0 saturated carbocycles. The van der Waals surface area contributed by atoms with Crippen molar-refractivity contribution in [1.82, 2.24) is 9.88 Å². The van der Waals surface area contributed by atoms with Gasteiger partial charge in [0.05, 0.1) is 38.8 Å². The molecule has 1 aromatic heterocycles. The standard InChI is InChI=1S/C25H30N2O4.C2HF3O2/c1-18-9-20(14-26-13-18)15-30-22-6-8-31-25(12-22)16-27(17-25)24(28)11-19-4-5-23-21(10-19)3-2-7-29-23;3-2(4,5)1(6)7/h4-5,9-10,13-14,22H,2-3,6-8,11-12,15-17H2,1H3;(H,6,7). The molecule has 1 aromatic carbocycles. The Morgan fingerprint density at radius 2 is 1.95 bits per heavy atom. The predicted molar refractivity (Wildman–Crippen MR) is 130 cm³/mol. The van der Waals surface area contributed by atoms with Crippen molar-refractivity contribution in [3.05, 3.63) is 58.9 Å². The SMILES string of the molecule is Cc1cncc(COC2CCOC3(C2)CN(C(=O)Cc2ccc4c(c2)CCCO4)C3)c1.O=C(O)C(F)(F)F. The van der Waals surface area contributed by atoms with Crippen LogP contribution in [0.25, 0.3) is 0 Å². The van der Waals surface area contributed by atoms with Gasteiger partial charge in [0.15, 0.2) is 0 Å². The summed E-state index contributed by atoms with van der Waals surface area (Å²) in [5, 5.41) is 7.12. The summed E-state index contributed by atoms with van der Waals surface area (Å²) in [7, 11) is 0. The van der Waals surface area contributed by atoms with Crippen molar-refractivity contribution >= 4 is 11.9 Å². The van der Waals surface area contributed by atoms with E-state index in [-0.39, 0.29) is 17.6 Å². The number of aromatic nitrogens is 1. The average molecular weight is 537 g/mol. The molecule has 4 heterocycles. The second-order valence-electron chi connectivity index (χ2n) is 9.95. The Morgan fingerprint density at radius 1 is 1.18 bits per heavy atom. The number of benzene rings is 1. The van der Waals surface area contributed by atoms with Crippen LogP contribution in [0.4, 0.5) is 13.2 Å². The predicted octanol–water partition coefficient (Wildman–Crippen LogP) is 3.87. The lowest BCUT2D eigenvalue weighted by atomic mass is 9.84. The van der Waals surface area contributed by atoms with E-state index in [0.29, 0.717) is 32.7 Å². The van der Waals surface area contributed by atoms with Gasteiger partial charge in [0.25, 0.3) is 0 Å². The number of hydrogen-bond acceptors (Lipinski definition) is 6. The number of carboxylic acids is 1. The van der Waals surface area contributed by atoms with Crippen LogP contribution in [-0.2, 0) is 38.5 Å². The number of alkyl halides is 3. The summed E-state index contributed by atoms with van der Waals surface area (Å²) in [5.74, 6) is -1.62. The van der Waals surface area contributed by atoms with Gasteiger partial charge in [-0.2, -0.15) is 13.2 Å². The second kappa shape index (κ2) is 11.7. The van der Waals surface area contributed by atoms with E-state index in [0.717, 1.165) is 54.7 Å². The molecule has 1 atom stereocenters. The maximum absolute atomic E-state index is 12.8. The highest BCUT2D eigenvalue weighted by atomic mass is 19.4. The molecule has 2 aromatic rings. The largest absolute Gasteiger partial charge is 0.493 e. The van der Waals surface area contributed by atoms with Crippen LogP contribution in [-0.4, -0.2) is 71.1 Å². The number of amides is 1. The molecule has 3 aliphatic rings. The number of halogens is 3. The fourth-order valence-corrected chi connectivity index (χ4v) is 4.89. The number of carbonyl (C=O) groups is 2. The maximum Gasteiger partial charge on any atom is 0.490 e.